The van der Waals surface area contributed by atoms with Crippen molar-refractivity contribution in [2.24, 2.45) is 0 Å². The van der Waals surface area contributed by atoms with Crippen LogP contribution < -0.4 is 20.7 Å². The van der Waals surface area contributed by atoms with E-state index in [2.05, 4.69) is 20.9 Å². The van der Waals surface area contributed by atoms with Crippen molar-refractivity contribution in [1.29, 1.82) is 0 Å². The molecule has 3 N–H and O–H groups in total. The zero-order chi connectivity index (χ0) is 21.1. The minimum absolute atomic E-state index is 0.0643. The van der Waals surface area contributed by atoms with Crippen molar-refractivity contribution >= 4 is 50.1 Å². The summed E-state index contributed by atoms with van der Waals surface area (Å²) < 4.78 is 6.39. The monoisotopic (exact) mass is 424 g/mol. The first kappa shape index (κ1) is 19.8. The summed E-state index contributed by atoms with van der Waals surface area (Å²) in [5.41, 5.74) is 1.64. The molecule has 0 fully saturated rings. The topological polar surface area (TPSA) is 109 Å². The maximum absolute atomic E-state index is 12.4. The van der Waals surface area contributed by atoms with Gasteiger partial charge >= 0.3 is 0 Å². The summed E-state index contributed by atoms with van der Waals surface area (Å²) in [5.74, 6) is -0.208. The van der Waals surface area contributed by atoms with Crippen LogP contribution in [-0.2, 0) is 9.59 Å². The largest absolute Gasteiger partial charge is 0.494 e. The highest BCUT2D eigenvalue weighted by Gasteiger charge is 2.27. The number of aromatic nitrogens is 1. The van der Waals surface area contributed by atoms with Gasteiger partial charge in [0.25, 0.3) is 5.91 Å². The molecule has 8 nitrogen and oxygen atoms in total. The third-order valence-corrected chi connectivity index (χ3v) is 5.56. The standard InChI is InChI=1S/C21H20N4O4S/c1-2-29-12-7-8-15-17(11-12)30-21(24-15)25-18(26)10-9-16-20(28)22-14-6-4-3-5-13(14)19(27)23-16/h3-8,11,16H,2,9-10H2,1H3,(H,22,28)(H,23,27)(H,24,25,26)/t16-/m0/s1. The number of rotatable bonds is 6. The van der Waals surface area contributed by atoms with E-state index in [0.717, 1.165) is 16.0 Å². The summed E-state index contributed by atoms with van der Waals surface area (Å²) in [4.78, 5) is 41.5. The van der Waals surface area contributed by atoms with Crippen LogP contribution in [0, 0.1) is 0 Å². The lowest BCUT2D eigenvalue weighted by atomic mass is 10.1. The Morgan fingerprint density at radius 1 is 1.23 bits per heavy atom. The molecule has 4 rings (SSSR count). The zero-order valence-corrected chi connectivity index (χ0v) is 17.0. The van der Waals surface area contributed by atoms with Gasteiger partial charge < -0.3 is 20.7 Å². The fraction of sp³-hybridized carbons (Fsp3) is 0.238. The van der Waals surface area contributed by atoms with E-state index < -0.39 is 6.04 Å². The van der Waals surface area contributed by atoms with E-state index in [4.69, 9.17) is 4.74 Å². The molecule has 0 saturated heterocycles. The lowest BCUT2D eigenvalue weighted by Crippen LogP contribution is -2.41. The Balaban J connectivity index is 1.37. The van der Waals surface area contributed by atoms with E-state index in [9.17, 15) is 14.4 Å². The van der Waals surface area contributed by atoms with Crippen LogP contribution in [0.25, 0.3) is 10.2 Å². The summed E-state index contributed by atoms with van der Waals surface area (Å²) in [6.07, 6.45) is 0.242. The normalized spacial score (nSPS) is 15.7. The Kier molecular flexibility index (Phi) is 5.62. The summed E-state index contributed by atoms with van der Waals surface area (Å²) in [7, 11) is 0. The van der Waals surface area contributed by atoms with Crippen LogP contribution in [0.4, 0.5) is 10.8 Å². The average Bonchev–Trinajstić information content (AvgIpc) is 3.07. The maximum Gasteiger partial charge on any atom is 0.254 e. The minimum Gasteiger partial charge on any atom is -0.494 e. The first-order valence-electron chi connectivity index (χ1n) is 9.57. The number of carbonyl (C=O) groups is 3. The fourth-order valence-corrected chi connectivity index (χ4v) is 4.10. The van der Waals surface area contributed by atoms with Crippen LogP contribution in [0.5, 0.6) is 5.75 Å². The van der Waals surface area contributed by atoms with Gasteiger partial charge in [0.1, 0.15) is 11.8 Å². The Bertz CT molecular complexity index is 1130. The molecule has 1 aliphatic heterocycles. The lowest BCUT2D eigenvalue weighted by Gasteiger charge is -2.13. The highest BCUT2D eigenvalue weighted by molar-refractivity contribution is 7.22. The van der Waals surface area contributed by atoms with Crippen LogP contribution in [0.1, 0.15) is 30.1 Å². The molecule has 1 aromatic heterocycles. The molecule has 3 aromatic rings. The van der Waals surface area contributed by atoms with E-state index in [1.807, 2.05) is 25.1 Å². The third kappa shape index (κ3) is 4.25. The molecule has 2 heterocycles. The Morgan fingerprint density at radius 3 is 2.90 bits per heavy atom. The highest BCUT2D eigenvalue weighted by atomic mass is 32.1. The van der Waals surface area contributed by atoms with E-state index in [1.165, 1.54) is 11.3 Å². The van der Waals surface area contributed by atoms with Crippen molar-refractivity contribution < 1.29 is 19.1 Å². The van der Waals surface area contributed by atoms with Crippen molar-refractivity contribution in [3.63, 3.8) is 0 Å². The van der Waals surface area contributed by atoms with Crippen molar-refractivity contribution in [1.82, 2.24) is 10.3 Å². The van der Waals surface area contributed by atoms with Crippen molar-refractivity contribution in [3.8, 4) is 5.75 Å². The molecule has 0 unspecified atom stereocenters. The van der Waals surface area contributed by atoms with Gasteiger partial charge in [0.05, 0.1) is 28.1 Å². The molecule has 0 aliphatic carbocycles. The predicted octanol–water partition coefficient (Wildman–Crippen LogP) is 3.16. The predicted molar refractivity (Wildman–Crippen MR) is 115 cm³/mol. The van der Waals surface area contributed by atoms with Gasteiger partial charge in [0, 0.05) is 6.42 Å². The second-order valence-electron chi connectivity index (χ2n) is 6.73. The summed E-state index contributed by atoms with van der Waals surface area (Å²) in [5, 5.41) is 8.66. The summed E-state index contributed by atoms with van der Waals surface area (Å²) >= 11 is 1.35. The molecule has 0 spiro atoms. The molecular weight excluding hydrogens is 404 g/mol. The van der Waals surface area contributed by atoms with Gasteiger partial charge in [-0.25, -0.2) is 4.98 Å². The van der Waals surface area contributed by atoms with Gasteiger partial charge in [-0.3, -0.25) is 14.4 Å². The summed E-state index contributed by atoms with van der Waals surface area (Å²) in [6, 6.07) is 11.6. The van der Waals surface area contributed by atoms with E-state index in [0.29, 0.717) is 23.0 Å². The molecule has 3 amide bonds. The summed E-state index contributed by atoms with van der Waals surface area (Å²) in [6.45, 7) is 2.49. The quantitative estimate of drug-likeness (QED) is 0.563. The van der Waals surface area contributed by atoms with Crippen LogP contribution >= 0.6 is 11.3 Å². The zero-order valence-electron chi connectivity index (χ0n) is 16.2. The number of carbonyl (C=O) groups excluding carboxylic acids is 3. The number of thiazole rings is 1. The average molecular weight is 424 g/mol. The second-order valence-corrected chi connectivity index (χ2v) is 7.76. The number of hydrogen-bond acceptors (Lipinski definition) is 6. The van der Waals surface area contributed by atoms with Crippen LogP contribution in [0.3, 0.4) is 0 Å². The lowest BCUT2D eigenvalue weighted by molar-refractivity contribution is -0.118. The third-order valence-electron chi connectivity index (χ3n) is 4.63. The number of amides is 3. The number of fused-ring (bicyclic) bond motifs is 2. The van der Waals surface area contributed by atoms with Crippen LogP contribution in [0.2, 0.25) is 0 Å². The smallest absolute Gasteiger partial charge is 0.254 e. The molecule has 1 aliphatic rings. The van der Waals surface area contributed by atoms with E-state index in [-0.39, 0.29) is 30.6 Å². The van der Waals surface area contributed by atoms with Gasteiger partial charge in [-0.1, -0.05) is 23.5 Å². The SMILES string of the molecule is CCOc1ccc2nc(NC(=O)CC[C@@H]3NC(=O)c4ccccc4NC3=O)sc2c1. The van der Waals surface area contributed by atoms with Crippen LogP contribution in [-0.4, -0.2) is 35.4 Å². The van der Waals surface area contributed by atoms with Crippen molar-refractivity contribution in [2.45, 2.75) is 25.8 Å². The molecule has 30 heavy (non-hydrogen) atoms. The van der Waals surface area contributed by atoms with Gasteiger partial charge in [-0.2, -0.15) is 0 Å². The number of benzene rings is 2. The molecular formula is C21H20N4O4S. The van der Waals surface area contributed by atoms with Gasteiger partial charge in [-0.15, -0.1) is 0 Å². The number of para-hydroxylation sites is 1. The van der Waals surface area contributed by atoms with Gasteiger partial charge in [0.15, 0.2) is 5.13 Å². The Labute approximate surface area is 176 Å². The molecule has 1 atom stereocenters. The molecule has 0 radical (unpaired) electrons. The first-order valence-corrected chi connectivity index (χ1v) is 10.4. The fourth-order valence-electron chi connectivity index (χ4n) is 3.19. The maximum atomic E-state index is 12.4. The Hall–Kier alpha value is -3.46. The molecule has 154 valence electrons. The second kappa shape index (κ2) is 8.50. The molecule has 0 saturated carbocycles. The van der Waals surface area contributed by atoms with Crippen molar-refractivity contribution in [2.75, 3.05) is 17.2 Å². The number of anilines is 2. The number of ether oxygens (including phenoxy) is 1. The van der Waals surface area contributed by atoms with Gasteiger partial charge in [-0.05, 0) is 43.7 Å². The number of nitrogens with zero attached hydrogens (tertiary/aromatic N) is 1. The first-order chi connectivity index (χ1) is 14.5. The van der Waals surface area contributed by atoms with E-state index >= 15 is 0 Å². The van der Waals surface area contributed by atoms with Crippen molar-refractivity contribution in [3.05, 3.63) is 48.0 Å². The number of hydrogen-bond donors (Lipinski definition) is 3. The number of nitrogens with one attached hydrogen (secondary N) is 3. The highest BCUT2D eigenvalue weighted by Crippen LogP contribution is 2.29. The van der Waals surface area contributed by atoms with Gasteiger partial charge in [0.2, 0.25) is 11.8 Å². The van der Waals surface area contributed by atoms with Crippen LogP contribution in [0.15, 0.2) is 42.5 Å². The molecule has 0 bridgehead atoms. The molecule has 9 heteroatoms. The molecule has 2 aromatic carbocycles. The van der Waals surface area contributed by atoms with E-state index in [1.54, 1.807) is 24.3 Å². The Morgan fingerprint density at radius 2 is 2.07 bits per heavy atom. The minimum atomic E-state index is -0.792.